The minimum Gasteiger partial charge on any atom is -0.496 e. The highest BCUT2D eigenvalue weighted by Gasteiger charge is 2.10. The van der Waals surface area contributed by atoms with Crippen LogP contribution in [0.2, 0.25) is 0 Å². The van der Waals surface area contributed by atoms with Gasteiger partial charge in [0.15, 0.2) is 0 Å². The summed E-state index contributed by atoms with van der Waals surface area (Å²) in [6.07, 6.45) is 1.82. The van der Waals surface area contributed by atoms with Crippen LogP contribution in [0.25, 0.3) is 22.2 Å². The fourth-order valence-electron chi connectivity index (χ4n) is 2.10. The number of methoxy groups -OCH3 is 1. The summed E-state index contributed by atoms with van der Waals surface area (Å²) in [7, 11) is 1.69. The number of rotatable bonds is 2. The summed E-state index contributed by atoms with van der Waals surface area (Å²) in [5.74, 6) is 0.876. The monoisotopic (exact) mass is 350 g/mol. The highest BCUT2D eigenvalue weighted by molar-refractivity contribution is 14.1. The van der Waals surface area contributed by atoms with Crippen molar-refractivity contribution >= 4 is 33.6 Å². The average molecular weight is 350 g/mol. The number of hydrogen-bond acceptors (Lipinski definition) is 2. The van der Waals surface area contributed by atoms with Gasteiger partial charge in [0, 0.05) is 17.1 Å². The van der Waals surface area contributed by atoms with Crippen LogP contribution in [-0.2, 0) is 0 Å². The second kappa shape index (κ2) is 4.61. The van der Waals surface area contributed by atoms with E-state index in [9.17, 15) is 0 Å². The van der Waals surface area contributed by atoms with Crippen molar-refractivity contribution in [2.75, 3.05) is 7.11 Å². The summed E-state index contributed by atoms with van der Waals surface area (Å²) in [5, 5.41) is 1.12. The molecule has 90 valence electrons. The van der Waals surface area contributed by atoms with Gasteiger partial charge in [-0.2, -0.15) is 0 Å². The summed E-state index contributed by atoms with van der Waals surface area (Å²) in [5.41, 5.74) is 3.13. The van der Waals surface area contributed by atoms with Crippen molar-refractivity contribution in [3.63, 3.8) is 0 Å². The number of aromatic amines is 1. The summed E-state index contributed by atoms with van der Waals surface area (Å²) in [4.78, 5) is 7.58. The van der Waals surface area contributed by atoms with Crippen molar-refractivity contribution in [3.8, 4) is 16.9 Å². The standard InChI is InChI=1S/C14H11IN2O/c1-18-12-5-3-2-4-10(12)9-6-7-16-14-11(9)8-13(15)17-14/h2-8H,1H3,(H,16,17). The Morgan fingerprint density at radius 1 is 1.17 bits per heavy atom. The molecule has 0 fully saturated rings. The lowest BCUT2D eigenvalue weighted by Crippen LogP contribution is -1.88. The number of H-pyrrole nitrogens is 1. The zero-order chi connectivity index (χ0) is 12.5. The van der Waals surface area contributed by atoms with Crippen LogP contribution in [0.1, 0.15) is 0 Å². The van der Waals surface area contributed by atoms with E-state index in [0.29, 0.717) is 0 Å². The number of aromatic nitrogens is 2. The Bertz CT molecular complexity index is 706. The van der Waals surface area contributed by atoms with Gasteiger partial charge in [0.2, 0.25) is 0 Å². The second-order valence-corrected chi connectivity index (χ2v) is 5.10. The van der Waals surface area contributed by atoms with E-state index in [1.165, 1.54) is 0 Å². The van der Waals surface area contributed by atoms with Gasteiger partial charge in [0.1, 0.15) is 11.4 Å². The maximum atomic E-state index is 5.42. The van der Waals surface area contributed by atoms with Gasteiger partial charge in [-0.15, -0.1) is 0 Å². The van der Waals surface area contributed by atoms with E-state index < -0.39 is 0 Å². The SMILES string of the molecule is COc1ccccc1-c1ccnc2[nH]c(I)cc12. The van der Waals surface area contributed by atoms with E-state index in [-0.39, 0.29) is 0 Å². The molecule has 0 aliphatic carbocycles. The number of nitrogens with zero attached hydrogens (tertiary/aromatic N) is 1. The largest absolute Gasteiger partial charge is 0.496 e. The maximum absolute atomic E-state index is 5.42. The predicted octanol–water partition coefficient (Wildman–Crippen LogP) is 3.84. The molecule has 2 heterocycles. The molecule has 18 heavy (non-hydrogen) atoms. The molecule has 0 unspecified atom stereocenters. The lowest BCUT2D eigenvalue weighted by molar-refractivity contribution is 0.416. The van der Waals surface area contributed by atoms with Crippen molar-refractivity contribution < 1.29 is 4.74 Å². The molecule has 2 aromatic heterocycles. The minimum atomic E-state index is 0.876. The van der Waals surface area contributed by atoms with Crippen LogP contribution in [0.4, 0.5) is 0 Å². The molecule has 0 amide bonds. The Kier molecular flexibility index (Phi) is 2.95. The van der Waals surface area contributed by atoms with E-state index in [0.717, 1.165) is 31.6 Å². The second-order valence-electron chi connectivity index (χ2n) is 3.94. The number of pyridine rings is 1. The highest BCUT2D eigenvalue weighted by Crippen LogP contribution is 2.34. The van der Waals surface area contributed by atoms with Crippen molar-refractivity contribution in [2.24, 2.45) is 0 Å². The number of para-hydroxylation sites is 1. The molecule has 3 aromatic rings. The lowest BCUT2D eigenvalue weighted by atomic mass is 10.0. The third-order valence-electron chi connectivity index (χ3n) is 2.90. The van der Waals surface area contributed by atoms with Crippen LogP contribution in [-0.4, -0.2) is 17.1 Å². The number of ether oxygens (including phenoxy) is 1. The number of hydrogen-bond donors (Lipinski definition) is 1. The molecule has 0 aliphatic rings. The molecule has 3 nitrogen and oxygen atoms in total. The molecule has 0 saturated carbocycles. The number of benzene rings is 1. The molecule has 1 N–H and O–H groups in total. The Hall–Kier alpha value is -1.56. The first-order valence-electron chi connectivity index (χ1n) is 5.56. The third-order valence-corrected chi connectivity index (χ3v) is 3.48. The fourth-order valence-corrected chi connectivity index (χ4v) is 2.66. The van der Waals surface area contributed by atoms with Gasteiger partial charge in [-0.05, 0) is 46.4 Å². The Morgan fingerprint density at radius 2 is 2.00 bits per heavy atom. The first-order chi connectivity index (χ1) is 8.79. The number of nitrogens with one attached hydrogen (secondary N) is 1. The summed E-state index contributed by atoms with van der Waals surface area (Å²) in [6, 6.07) is 12.1. The van der Waals surface area contributed by atoms with Gasteiger partial charge in [-0.25, -0.2) is 4.98 Å². The molecular formula is C14H11IN2O. The lowest BCUT2D eigenvalue weighted by Gasteiger charge is -2.08. The van der Waals surface area contributed by atoms with Crippen molar-refractivity contribution in [3.05, 3.63) is 46.3 Å². The smallest absolute Gasteiger partial charge is 0.138 e. The fraction of sp³-hybridized carbons (Fsp3) is 0.0714. The van der Waals surface area contributed by atoms with Crippen molar-refractivity contribution in [1.82, 2.24) is 9.97 Å². The van der Waals surface area contributed by atoms with Crippen molar-refractivity contribution in [1.29, 1.82) is 0 Å². The predicted molar refractivity (Wildman–Crippen MR) is 80.8 cm³/mol. The van der Waals surface area contributed by atoms with E-state index >= 15 is 0 Å². The van der Waals surface area contributed by atoms with Crippen LogP contribution in [0.15, 0.2) is 42.6 Å². The molecule has 0 atom stereocenters. The summed E-state index contributed by atoms with van der Waals surface area (Å²) in [6.45, 7) is 0. The molecular weight excluding hydrogens is 339 g/mol. The summed E-state index contributed by atoms with van der Waals surface area (Å²) >= 11 is 2.26. The molecule has 1 aromatic carbocycles. The maximum Gasteiger partial charge on any atom is 0.138 e. The summed E-state index contributed by atoms with van der Waals surface area (Å²) < 4.78 is 6.50. The molecule has 0 spiro atoms. The average Bonchev–Trinajstić information content (AvgIpc) is 2.78. The van der Waals surface area contributed by atoms with Gasteiger partial charge in [0.25, 0.3) is 0 Å². The third kappa shape index (κ3) is 1.86. The van der Waals surface area contributed by atoms with Crippen LogP contribution in [0.3, 0.4) is 0 Å². The van der Waals surface area contributed by atoms with Gasteiger partial charge in [-0.1, -0.05) is 18.2 Å². The normalized spacial score (nSPS) is 10.8. The molecule has 4 heteroatoms. The van der Waals surface area contributed by atoms with Crippen LogP contribution in [0.5, 0.6) is 5.75 Å². The van der Waals surface area contributed by atoms with Gasteiger partial charge in [0.05, 0.1) is 10.8 Å². The zero-order valence-corrected chi connectivity index (χ0v) is 11.9. The molecule has 0 aliphatic heterocycles. The first kappa shape index (κ1) is 11.5. The van der Waals surface area contributed by atoms with E-state index in [2.05, 4.69) is 44.7 Å². The van der Waals surface area contributed by atoms with Gasteiger partial charge < -0.3 is 9.72 Å². The molecule has 0 saturated heterocycles. The minimum absolute atomic E-state index is 0.876. The zero-order valence-electron chi connectivity index (χ0n) is 9.77. The van der Waals surface area contributed by atoms with Crippen molar-refractivity contribution in [2.45, 2.75) is 0 Å². The van der Waals surface area contributed by atoms with Crippen LogP contribution < -0.4 is 4.74 Å². The number of fused-ring (bicyclic) bond motifs is 1. The van der Waals surface area contributed by atoms with Crippen LogP contribution in [0, 0.1) is 3.70 Å². The Labute approximate surface area is 118 Å². The number of halogens is 1. The van der Waals surface area contributed by atoms with Gasteiger partial charge in [-0.3, -0.25) is 0 Å². The van der Waals surface area contributed by atoms with Crippen LogP contribution >= 0.6 is 22.6 Å². The van der Waals surface area contributed by atoms with E-state index in [1.807, 2.05) is 30.5 Å². The Balaban J connectivity index is 2.31. The molecule has 0 radical (unpaired) electrons. The first-order valence-corrected chi connectivity index (χ1v) is 6.64. The van der Waals surface area contributed by atoms with E-state index in [4.69, 9.17) is 4.74 Å². The molecule has 0 bridgehead atoms. The molecule has 3 rings (SSSR count). The van der Waals surface area contributed by atoms with E-state index in [1.54, 1.807) is 7.11 Å². The quantitative estimate of drug-likeness (QED) is 0.713. The topological polar surface area (TPSA) is 37.9 Å². The Morgan fingerprint density at radius 3 is 2.83 bits per heavy atom. The highest BCUT2D eigenvalue weighted by atomic mass is 127. The van der Waals surface area contributed by atoms with Gasteiger partial charge >= 0.3 is 0 Å².